The van der Waals surface area contributed by atoms with Crippen LogP contribution in [0.5, 0.6) is 0 Å². The molecule has 1 aromatic rings. The van der Waals surface area contributed by atoms with E-state index >= 15 is 0 Å². The SMILES string of the molecule is CC1CCCN(c2cc(N)c(C(=O)NC3CC3)s2)C1. The van der Waals surface area contributed by atoms with Crippen molar-refractivity contribution in [2.24, 2.45) is 5.92 Å². The van der Waals surface area contributed by atoms with Crippen LogP contribution in [0.25, 0.3) is 0 Å². The lowest BCUT2D eigenvalue weighted by Crippen LogP contribution is -2.33. The number of hydrogen-bond acceptors (Lipinski definition) is 4. The van der Waals surface area contributed by atoms with Gasteiger partial charge in [-0.1, -0.05) is 6.92 Å². The fourth-order valence-electron chi connectivity index (χ4n) is 2.59. The highest BCUT2D eigenvalue weighted by molar-refractivity contribution is 7.18. The predicted octanol–water partition coefficient (Wildman–Crippen LogP) is 2.46. The van der Waals surface area contributed by atoms with Crippen molar-refractivity contribution < 1.29 is 4.79 Å². The zero-order valence-electron chi connectivity index (χ0n) is 11.3. The van der Waals surface area contributed by atoms with Gasteiger partial charge in [-0.25, -0.2) is 0 Å². The lowest BCUT2D eigenvalue weighted by molar-refractivity contribution is 0.0956. The van der Waals surface area contributed by atoms with Crippen LogP contribution in [0.2, 0.25) is 0 Å². The van der Waals surface area contributed by atoms with Crippen molar-refractivity contribution in [2.75, 3.05) is 23.7 Å². The third kappa shape index (κ3) is 2.86. The molecule has 1 saturated heterocycles. The molecule has 0 radical (unpaired) electrons. The average molecular weight is 279 g/mol. The number of carbonyl (C=O) groups excluding carboxylic acids is 1. The summed E-state index contributed by atoms with van der Waals surface area (Å²) in [4.78, 5) is 15.1. The highest BCUT2D eigenvalue weighted by Crippen LogP contribution is 2.35. The highest BCUT2D eigenvalue weighted by Gasteiger charge is 2.27. The molecule has 0 bridgehead atoms. The zero-order chi connectivity index (χ0) is 13.4. The quantitative estimate of drug-likeness (QED) is 0.893. The van der Waals surface area contributed by atoms with Gasteiger partial charge in [-0.3, -0.25) is 4.79 Å². The summed E-state index contributed by atoms with van der Waals surface area (Å²) >= 11 is 1.53. The molecule has 4 nitrogen and oxygen atoms in total. The van der Waals surface area contributed by atoms with Crippen molar-refractivity contribution in [3.63, 3.8) is 0 Å². The van der Waals surface area contributed by atoms with E-state index in [1.54, 1.807) is 0 Å². The molecule has 2 fully saturated rings. The Labute approximate surface area is 118 Å². The summed E-state index contributed by atoms with van der Waals surface area (Å²) in [6.45, 7) is 4.43. The van der Waals surface area contributed by atoms with Gasteiger partial charge in [0.05, 0.1) is 10.7 Å². The summed E-state index contributed by atoms with van der Waals surface area (Å²) in [6.07, 6.45) is 4.73. The number of thiophene rings is 1. The third-order valence-electron chi connectivity index (χ3n) is 3.84. The van der Waals surface area contributed by atoms with Gasteiger partial charge in [0.25, 0.3) is 5.91 Å². The number of amides is 1. The maximum Gasteiger partial charge on any atom is 0.263 e. The van der Waals surface area contributed by atoms with E-state index in [2.05, 4.69) is 17.1 Å². The molecule has 1 aromatic heterocycles. The first kappa shape index (κ1) is 12.8. The van der Waals surface area contributed by atoms with Crippen molar-refractivity contribution in [1.29, 1.82) is 0 Å². The Morgan fingerprint density at radius 3 is 2.95 bits per heavy atom. The Morgan fingerprint density at radius 2 is 2.26 bits per heavy atom. The van der Waals surface area contributed by atoms with Crippen LogP contribution in [0.3, 0.4) is 0 Å². The molecule has 2 aliphatic rings. The van der Waals surface area contributed by atoms with Crippen molar-refractivity contribution in [2.45, 2.75) is 38.6 Å². The van der Waals surface area contributed by atoms with Crippen LogP contribution >= 0.6 is 11.3 Å². The van der Waals surface area contributed by atoms with Gasteiger partial charge in [0.1, 0.15) is 4.88 Å². The first-order valence-corrected chi connectivity index (χ1v) is 7.90. The maximum atomic E-state index is 12.1. The Kier molecular flexibility index (Phi) is 3.39. The fraction of sp³-hybridized carbons (Fsp3) is 0.643. The van der Waals surface area contributed by atoms with Gasteiger partial charge in [-0.05, 0) is 37.7 Å². The summed E-state index contributed by atoms with van der Waals surface area (Å²) in [5.74, 6) is 0.724. The van der Waals surface area contributed by atoms with Crippen LogP contribution in [0, 0.1) is 5.92 Å². The van der Waals surface area contributed by atoms with E-state index in [0.717, 1.165) is 36.9 Å². The molecule has 19 heavy (non-hydrogen) atoms. The number of nitrogens with two attached hydrogens (primary N) is 1. The Bertz CT molecular complexity index is 481. The molecule has 1 unspecified atom stereocenters. The summed E-state index contributed by atoms with van der Waals surface area (Å²) < 4.78 is 0. The average Bonchev–Trinajstić information content (AvgIpc) is 3.09. The Morgan fingerprint density at radius 1 is 1.47 bits per heavy atom. The molecule has 1 aliphatic heterocycles. The van der Waals surface area contributed by atoms with Crippen molar-refractivity contribution in [1.82, 2.24) is 5.32 Å². The molecule has 3 rings (SSSR count). The van der Waals surface area contributed by atoms with Crippen molar-refractivity contribution in [3.05, 3.63) is 10.9 Å². The first-order chi connectivity index (χ1) is 9.13. The van der Waals surface area contributed by atoms with E-state index in [-0.39, 0.29) is 5.91 Å². The van der Waals surface area contributed by atoms with Gasteiger partial charge in [-0.15, -0.1) is 11.3 Å². The van der Waals surface area contributed by atoms with Crippen molar-refractivity contribution >= 4 is 27.9 Å². The number of carbonyl (C=O) groups is 1. The second-order valence-corrected chi connectivity index (χ2v) is 6.84. The van der Waals surface area contributed by atoms with Gasteiger partial charge in [-0.2, -0.15) is 0 Å². The third-order valence-corrected chi connectivity index (χ3v) is 5.05. The number of rotatable bonds is 3. The van der Waals surface area contributed by atoms with Crippen LogP contribution in [0.1, 0.15) is 42.3 Å². The van der Waals surface area contributed by atoms with Crippen LogP contribution < -0.4 is 16.0 Å². The monoisotopic (exact) mass is 279 g/mol. The molecule has 3 N–H and O–H groups in total. The first-order valence-electron chi connectivity index (χ1n) is 7.08. The number of nitrogens with one attached hydrogen (secondary N) is 1. The molecule has 1 amide bonds. The van der Waals surface area contributed by atoms with Gasteiger partial charge in [0.2, 0.25) is 0 Å². The second kappa shape index (κ2) is 5.04. The Hall–Kier alpha value is -1.23. The standard InChI is InChI=1S/C14H21N3OS/c1-9-3-2-6-17(8-9)12-7-11(15)13(19-12)14(18)16-10-4-5-10/h7,9-10H,2-6,8,15H2,1H3,(H,16,18). The van der Waals surface area contributed by atoms with Gasteiger partial charge in [0, 0.05) is 19.1 Å². The molecule has 1 aliphatic carbocycles. The minimum absolute atomic E-state index is 0.00121. The van der Waals surface area contributed by atoms with Crippen LogP contribution in [0.15, 0.2) is 6.07 Å². The molecule has 1 atom stereocenters. The molecule has 1 saturated carbocycles. The van der Waals surface area contributed by atoms with Crippen LogP contribution in [-0.2, 0) is 0 Å². The fourth-order valence-corrected chi connectivity index (χ4v) is 3.61. The minimum atomic E-state index is 0.00121. The van der Waals surface area contributed by atoms with E-state index in [0.29, 0.717) is 16.6 Å². The highest BCUT2D eigenvalue weighted by atomic mass is 32.1. The number of nitrogens with zero attached hydrogens (tertiary/aromatic N) is 1. The van der Waals surface area contributed by atoms with Gasteiger partial charge < -0.3 is 16.0 Å². The summed E-state index contributed by atoms with van der Waals surface area (Å²) in [7, 11) is 0. The molecule has 0 aromatic carbocycles. The number of nitrogen functional groups attached to an aromatic ring is 1. The van der Waals surface area contributed by atoms with E-state index in [1.165, 1.54) is 24.2 Å². The predicted molar refractivity (Wildman–Crippen MR) is 79.8 cm³/mol. The number of piperidine rings is 1. The summed E-state index contributed by atoms with van der Waals surface area (Å²) in [5.41, 5.74) is 6.62. The second-order valence-electron chi connectivity index (χ2n) is 5.81. The number of anilines is 2. The molecule has 0 spiro atoms. The zero-order valence-corrected chi connectivity index (χ0v) is 12.1. The van der Waals surface area contributed by atoms with E-state index < -0.39 is 0 Å². The lowest BCUT2D eigenvalue weighted by Gasteiger charge is -2.31. The molecule has 104 valence electrons. The van der Waals surface area contributed by atoms with E-state index in [9.17, 15) is 4.79 Å². The van der Waals surface area contributed by atoms with Crippen LogP contribution in [0.4, 0.5) is 10.7 Å². The summed E-state index contributed by atoms with van der Waals surface area (Å²) in [6, 6.07) is 2.34. The topological polar surface area (TPSA) is 58.4 Å². The molecular weight excluding hydrogens is 258 g/mol. The summed E-state index contributed by atoms with van der Waals surface area (Å²) in [5, 5.41) is 4.15. The maximum absolute atomic E-state index is 12.1. The van der Waals surface area contributed by atoms with Crippen molar-refractivity contribution in [3.8, 4) is 0 Å². The normalized spacial score (nSPS) is 23.4. The molecule has 5 heteroatoms. The van der Waals surface area contributed by atoms with Gasteiger partial charge >= 0.3 is 0 Å². The number of hydrogen-bond donors (Lipinski definition) is 2. The van der Waals surface area contributed by atoms with E-state index in [1.807, 2.05) is 6.07 Å². The molecular formula is C14H21N3OS. The molecule has 2 heterocycles. The van der Waals surface area contributed by atoms with E-state index in [4.69, 9.17) is 5.73 Å². The smallest absolute Gasteiger partial charge is 0.263 e. The minimum Gasteiger partial charge on any atom is -0.397 e. The van der Waals surface area contributed by atoms with Gasteiger partial charge in [0.15, 0.2) is 0 Å². The van der Waals surface area contributed by atoms with Crippen LogP contribution in [-0.4, -0.2) is 25.0 Å². The Balaban J connectivity index is 1.74. The lowest BCUT2D eigenvalue weighted by atomic mass is 10.0. The largest absolute Gasteiger partial charge is 0.397 e.